The van der Waals surface area contributed by atoms with Gasteiger partial charge in [-0.15, -0.1) is 0 Å². The minimum absolute atomic E-state index is 0.241. The second-order valence-corrected chi connectivity index (χ2v) is 6.95. The van der Waals surface area contributed by atoms with Crippen LogP contribution in [0.3, 0.4) is 0 Å². The Balaban J connectivity index is 2.71. The van der Waals surface area contributed by atoms with Crippen LogP contribution >= 0.6 is 0 Å². The van der Waals surface area contributed by atoms with Crippen LogP contribution in [0.1, 0.15) is 53.4 Å². The second-order valence-electron chi connectivity index (χ2n) is 6.95. The molecule has 0 spiro atoms. The average Bonchev–Trinajstić information content (AvgIpc) is 2.52. The molecule has 1 N–H and O–H groups in total. The van der Waals surface area contributed by atoms with Gasteiger partial charge in [-0.1, -0.05) is 48.5 Å². The third-order valence-corrected chi connectivity index (χ3v) is 4.57. The lowest BCUT2D eigenvalue weighted by Gasteiger charge is -2.29. The number of rotatable bonds is 7. The molecule has 3 heteroatoms. The maximum atomic E-state index is 11.9. The molecule has 3 atom stereocenters. The normalized spacial score (nSPS) is 22.9. The standard InChI is InChI=1S/C21H32O3/c1-15(2)8-6-10-18(21(23)24-5)11-7-9-17(4)19-13-12-16(3)14-20(19)22/h7-9,11,14,17,19-20,22H,6,10,12-13H2,1-5H3/b9-7+,18-11+/t17-,19-,20-/m1/s1. The Hall–Kier alpha value is -1.61. The molecular formula is C21H32O3. The molecule has 0 heterocycles. The van der Waals surface area contributed by atoms with Crippen molar-refractivity contribution in [3.8, 4) is 0 Å². The van der Waals surface area contributed by atoms with Crippen LogP contribution in [0, 0.1) is 11.8 Å². The zero-order valence-corrected chi connectivity index (χ0v) is 15.7. The number of aliphatic hydroxyl groups excluding tert-OH is 1. The lowest BCUT2D eigenvalue weighted by molar-refractivity contribution is -0.136. The first-order chi connectivity index (χ1) is 11.3. The first-order valence-corrected chi connectivity index (χ1v) is 8.79. The van der Waals surface area contributed by atoms with Gasteiger partial charge >= 0.3 is 5.97 Å². The highest BCUT2D eigenvalue weighted by molar-refractivity contribution is 5.88. The Morgan fingerprint density at radius 1 is 1.46 bits per heavy atom. The SMILES string of the molecule is COC(=O)/C(=C/C=C/[C@@H](C)[C@H]1CCC(C)=C[C@H]1O)CCC=C(C)C. The summed E-state index contributed by atoms with van der Waals surface area (Å²) in [6.45, 7) is 8.29. The molecule has 0 fully saturated rings. The molecule has 0 radical (unpaired) electrons. The quantitative estimate of drug-likeness (QED) is 0.317. The van der Waals surface area contributed by atoms with Crippen LogP contribution in [-0.4, -0.2) is 24.3 Å². The third-order valence-electron chi connectivity index (χ3n) is 4.57. The molecule has 0 aromatic carbocycles. The Bertz CT molecular complexity index is 533. The summed E-state index contributed by atoms with van der Waals surface area (Å²) in [4.78, 5) is 11.9. The fourth-order valence-corrected chi connectivity index (χ4v) is 3.03. The lowest BCUT2D eigenvalue weighted by atomic mass is 9.79. The summed E-state index contributed by atoms with van der Waals surface area (Å²) < 4.78 is 4.86. The van der Waals surface area contributed by atoms with E-state index in [4.69, 9.17) is 4.74 Å². The molecule has 0 saturated heterocycles. The summed E-state index contributed by atoms with van der Waals surface area (Å²) in [5.41, 5.74) is 3.19. The zero-order chi connectivity index (χ0) is 18.1. The van der Waals surface area contributed by atoms with Gasteiger partial charge < -0.3 is 9.84 Å². The molecule has 0 aliphatic heterocycles. The number of hydrogen-bond donors (Lipinski definition) is 1. The molecule has 3 nitrogen and oxygen atoms in total. The summed E-state index contributed by atoms with van der Waals surface area (Å²) in [5.74, 6) is 0.230. The topological polar surface area (TPSA) is 46.5 Å². The molecule has 0 unspecified atom stereocenters. The molecule has 1 aliphatic carbocycles. The van der Waals surface area contributed by atoms with Crippen molar-refractivity contribution in [2.75, 3.05) is 7.11 Å². The number of carbonyl (C=O) groups excluding carboxylic acids is 1. The number of hydrogen-bond acceptors (Lipinski definition) is 3. The van der Waals surface area contributed by atoms with Gasteiger partial charge in [0.2, 0.25) is 0 Å². The first kappa shape index (κ1) is 20.4. The molecule has 0 bridgehead atoms. The molecule has 0 aromatic rings. The van der Waals surface area contributed by atoms with E-state index >= 15 is 0 Å². The molecule has 24 heavy (non-hydrogen) atoms. The van der Waals surface area contributed by atoms with E-state index < -0.39 is 0 Å². The lowest BCUT2D eigenvalue weighted by Crippen LogP contribution is -2.27. The summed E-state index contributed by atoms with van der Waals surface area (Å²) in [6.07, 6.45) is 13.1. The molecule has 0 amide bonds. The summed E-state index contributed by atoms with van der Waals surface area (Å²) >= 11 is 0. The van der Waals surface area contributed by atoms with Crippen LogP contribution in [0.5, 0.6) is 0 Å². The summed E-state index contributed by atoms with van der Waals surface area (Å²) in [5, 5.41) is 10.2. The van der Waals surface area contributed by atoms with Crippen molar-refractivity contribution in [2.45, 2.75) is 59.5 Å². The van der Waals surface area contributed by atoms with Gasteiger partial charge in [0.25, 0.3) is 0 Å². The number of carbonyl (C=O) groups is 1. The number of ether oxygens (including phenoxy) is 1. The maximum absolute atomic E-state index is 11.9. The van der Waals surface area contributed by atoms with Crippen LogP contribution in [0.4, 0.5) is 0 Å². The number of methoxy groups -OCH3 is 1. The highest BCUT2D eigenvalue weighted by atomic mass is 16.5. The van der Waals surface area contributed by atoms with E-state index in [1.165, 1.54) is 18.3 Å². The van der Waals surface area contributed by atoms with E-state index in [1.807, 2.05) is 18.2 Å². The van der Waals surface area contributed by atoms with E-state index in [9.17, 15) is 9.90 Å². The van der Waals surface area contributed by atoms with Crippen LogP contribution in [0.25, 0.3) is 0 Å². The van der Waals surface area contributed by atoms with Crippen LogP contribution in [0.2, 0.25) is 0 Å². The van der Waals surface area contributed by atoms with E-state index in [0.717, 1.165) is 19.3 Å². The molecule has 0 aromatic heterocycles. The zero-order valence-electron chi connectivity index (χ0n) is 15.7. The van der Waals surface area contributed by atoms with Gasteiger partial charge in [0, 0.05) is 5.57 Å². The molecule has 1 aliphatic rings. The predicted octanol–water partition coefficient (Wildman–Crippen LogP) is 4.74. The van der Waals surface area contributed by atoms with Gasteiger partial charge in [-0.05, 0) is 58.3 Å². The minimum Gasteiger partial charge on any atom is -0.466 e. The van der Waals surface area contributed by atoms with Crippen LogP contribution < -0.4 is 0 Å². The Morgan fingerprint density at radius 3 is 2.75 bits per heavy atom. The smallest absolute Gasteiger partial charge is 0.333 e. The van der Waals surface area contributed by atoms with E-state index in [-0.39, 0.29) is 23.9 Å². The second kappa shape index (κ2) is 10.3. The Kier molecular flexibility index (Phi) is 8.77. The van der Waals surface area contributed by atoms with Crippen molar-refractivity contribution in [2.24, 2.45) is 11.8 Å². The van der Waals surface area contributed by atoms with Crippen molar-refractivity contribution in [3.05, 3.63) is 47.1 Å². The first-order valence-electron chi connectivity index (χ1n) is 8.79. The largest absolute Gasteiger partial charge is 0.466 e. The average molecular weight is 332 g/mol. The fourth-order valence-electron chi connectivity index (χ4n) is 3.03. The third kappa shape index (κ3) is 6.88. The van der Waals surface area contributed by atoms with Crippen LogP contribution in [0.15, 0.2) is 47.1 Å². The van der Waals surface area contributed by atoms with Gasteiger partial charge in [0.1, 0.15) is 0 Å². The van der Waals surface area contributed by atoms with Gasteiger partial charge in [-0.2, -0.15) is 0 Å². The van der Waals surface area contributed by atoms with E-state index in [0.29, 0.717) is 12.0 Å². The summed E-state index contributed by atoms with van der Waals surface area (Å²) in [7, 11) is 1.41. The predicted molar refractivity (Wildman–Crippen MR) is 99.6 cm³/mol. The van der Waals surface area contributed by atoms with Crippen molar-refractivity contribution >= 4 is 5.97 Å². The highest BCUT2D eigenvalue weighted by Crippen LogP contribution is 2.30. The van der Waals surface area contributed by atoms with Gasteiger partial charge in [0.05, 0.1) is 13.2 Å². The maximum Gasteiger partial charge on any atom is 0.333 e. The number of aliphatic hydroxyl groups is 1. The fraction of sp³-hybridized carbons (Fsp3) is 0.571. The van der Waals surface area contributed by atoms with E-state index in [1.54, 1.807) is 0 Å². The Morgan fingerprint density at radius 2 is 2.17 bits per heavy atom. The van der Waals surface area contributed by atoms with Gasteiger partial charge in [-0.3, -0.25) is 0 Å². The molecule has 1 rings (SSSR count). The number of esters is 1. The monoisotopic (exact) mass is 332 g/mol. The van der Waals surface area contributed by atoms with Crippen molar-refractivity contribution in [1.82, 2.24) is 0 Å². The van der Waals surface area contributed by atoms with Crippen LogP contribution in [-0.2, 0) is 9.53 Å². The minimum atomic E-state index is -0.375. The van der Waals surface area contributed by atoms with Gasteiger partial charge in [-0.25, -0.2) is 4.79 Å². The van der Waals surface area contributed by atoms with Crippen molar-refractivity contribution in [3.63, 3.8) is 0 Å². The van der Waals surface area contributed by atoms with E-state index in [2.05, 4.69) is 39.8 Å². The molecular weight excluding hydrogens is 300 g/mol. The molecule has 134 valence electrons. The summed E-state index contributed by atoms with van der Waals surface area (Å²) in [6, 6.07) is 0. The molecule has 0 saturated carbocycles. The van der Waals surface area contributed by atoms with Crippen molar-refractivity contribution in [1.29, 1.82) is 0 Å². The van der Waals surface area contributed by atoms with Gasteiger partial charge in [0.15, 0.2) is 0 Å². The highest BCUT2D eigenvalue weighted by Gasteiger charge is 2.25. The van der Waals surface area contributed by atoms with Crippen molar-refractivity contribution < 1.29 is 14.6 Å². The Labute approximate surface area is 146 Å². The number of allylic oxidation sites excluding steroid dienone is 6.